The Kier molecular flexibility index (Phi) is 4.30. The Balaban J connectivity index is 1.65. The van der Waals surface area contributed by atoms with E-state index in [2.05, 4.69) is 34.5 Å². The lowest BCUT2D eigenvalue weighted by Crippen LogP contribution is -2.17. The Morgan fingerprint density at radius 1 is 1.05 bits per heavy atom. The van der Waals surface area contributed by atoms with Crippen molar-refractivity contribution in [3.8, 4) is 0 Å². The lowest BCUT2D eigenvalue weighted by molar-refractivity contribution is 0.630. The van der Waals surface area contributed by atoms with Crippen molar-refractivity contribution in [1.82, 2.24) is 0 Å². The maximum atomic E-state index is 13.7. The first-order chi connectivity index (χ1) is 10.2. The minimum Gasteiger partial charge on any atom is -0.377 e. The van der Waals surface area contributed by atoms with Gasteiger partial charge in [-0.05, 0) is 42.7 Å². The average Bonchev–Trinajstić information content (AvgIpc) is 3.02. The van der Waals surface area contributed by atoms with Gasteiger partial charge in [-0.1, -0.05) is 29.8 Å². The quantitative estimate of drug-likeness (QED) is 0.881. The van der Waals surface area contributed by atoms with Crippen molar-refractivity contribution in [2.75, 3.05) is 23.3 Å². The molecule has 0 saturated carbocycles. The molecule has 2 nitrogen and oxygen atoms in total. The fourth-order valence-electron chi connectivity index (χ4n) is 2.66. The van der Waals surface area contributed by atoms with E-state index in [1.54, 1.807) is 12.1 Å². The van der Waals surface area contributed by atoms with E-state index in [1.165, 1.54) is 24.6 Å². The number of nitrogens with one attached hydrogen (secondary N) is 1. The molecule has 0 bridgehead atoms. The predicted octanol–water partition coefficient (Wildman–Crippen LogP) is 4.69. The van der Waals surface area contributed by atoms with Crippen LogP contribution in [0.2, 0.25) is 5.02 Å². The van der Waals surface area contributed by atoms with Crippen LogP contribution in [0.3, 0.4) is 0 Å². The molecule has 1 fully saturated rings. The van der Waals surface area contributed by atoms with Crippen LogP contribution in [0, 0.1) is 5.82 Å². The summed E-state index contributed by atoms with van der Waals surface area (Å²) in [5, 5.41) is 3.47. The van der Waals surface area contributed by atoms with Gasteiger partial charge in [0.1, 0.15) is 5.82 Å². The van der Waals surface area contributed by atoms with Crippen LogP contribution in [-0.4, -0.2) is 13.1 Å². The molecule has 1 N–H and O–H groups in total. The normalized spacial score (nSPS) is 14.5. The SMILES string of the molecule is Fc1cccc(Cl)c1NCc1ccc(N2CCCC2)cc1. The van der Waals surface area contributed by atoms with Crippen LogP contribution in [0.1, 0.15) is 18.4 Å². The highest BCUT2D eigenvalue weighted by atomic mass is 35.5. The van der Waals surface area contributed by atoms with Gasteiger partial charge in [0, 0.05) is 25.3 Å². The number of halogens is 2. The summed E-state index contributed by atoms with van der Waals surface area (Å²) in [6.45, 7) is 2.84. The molecule has 1 aliphatic rings. The molecule has 0 unspecified atom stereocenters. The number of nitrogens with zero attached hydrogens (tertiary/aromatic N) is 1. The van der Waals surface area contributed by atoms with Gasteiger partial charge in [0.2, 0.25) is 0 Å². The van der Waals surface area contributed by atoms with Gasteiger partial charge in [-0.25, -0.2) is 4.39 Å². The molecule has 4 heteroatoms. The first-order valence-corrected chi connectivity index (χ1v) is 7.63. The number of hydrogen-bond acceptors (Lipinski definition) is 2. The van der Waals surface area contributed by atoms with Gasteiger partial charge in [0.15, 0.2) is 0 Å². The van der Waals surface area contributed by atoms with Crippen LogP contribution in [0.25, 0.3) is 0 Å². The van der Waals surface area contributed by atoms with Crippen LogP contribution in [-0.2, 0) is 6.54 Å². The lowest BCUT2D eigenvalue weighted by Gasteiger charge is -2.18. The zero-order valence-electron chi connectivity index (χ0n) is 11.8. The summed E-state index contributed by atoms with van der Waals surface area (Å²) < 4.78 is 13.7. The molecule has 110 valence electrons. The average molecular weight is 305 g/mol. The largest absolute Gasteiger partial charge is 0.377 e. The van der Waals surface area contributed by atoms with E-state index in [9.17, 15) is 4.39 Å². The van der Waals surface area contributed by atoms with E-state index >= 15 is 0 Å². The Labute approximate surface area is 129 Å². The Bertz CT molecular complexity index is 586. The summed E-state index contributed by atoms with van der Waals surface area (Å²) >= 11 is 6.00. The molecule has 0 aromatic heterocycles. The zero-order chi connectivity index (χ0) is 14.7. The van der Waals surface area contributed by atoms with Crippen molar-refractivity contribution >= 4 is 23.0 Å². The molecule has 0 radical (unpaired) electrons. The third-order valence-corrected chi connectivity index (χ3v) is 4.15. The summed E-state index contributed by atoms with van der Waals surface area (Å²) in [5.74, 6) is -0.323. The smallest absolute Gasteiger partial charge is 0.147 e. The van der Waals surface area contributed by atoms with Gasteiger partial charge < -0.3 is 10.2 Å². The van der Waals surface area contributed by atoms with Crippen LogP contribution >= 0.6 is 11.6 Å². The Hall–Kier alpha value is -1.74. The molecule has 0 amide bonds. The fraction of sp³-hybridized carbons (Fsp3) is 0.294. The monoisotopic (exact) mass is 304 g/mol. The maximum Gasteiger partial charge on any atom is 0.147 e. The number of rotatable bonds is 4. The third kappa shape index (κ3) is 3.30. The summed E-state index contributed by atoms with van der Waals surface area (Å²) in [6, 6.07) is 13.1. The molecule has 2 aromatic carbocycles. The summed E-state index contributed by atoms with van der Waals surface area (Å²) in [4.78, 5) is 2.39. The van der Waals surface area contributed by atoms with Crippen molar-refractivity contribution in [1.29, 1.82) is 0 Å². The summed E-state index contributed by atoms with van der Waals surface area (Å²) in [7, 11) is 0. The van der Waals surface area contributed by atoms with E-state index in [1.807, 2.05) is 0 Å². The topological polar surface area (TPSA) is 15.3 Å². The highest BCUT2D eigenvalue weighted by molar-refractivity contribution is 6.33. The zero-order valence-corrected chi connectivity index (χ0v) is 12.5. The van der Waals surface area contributed by atoms with Crippen molar-refractivity contribution in [3.05, 3.63) is 58.9 Å². The van der Waals surface area contributed by atoms with Gasteiger partial charge >= 0.3 is 0 Å². The Morgan fingerprint density at radius 3 is 2.43 bits per heavy atom. The highest BCUT2D eigenvalue weighted by Crippen LogP contribution is 2.25. The van der Waals surface area contributed by atoms with E-state index in [-0.39, 0.29) is 5.82 Å². The van der Waals surface area contributed by atoms with Gasteiger partial charge in [-0.2, -0.15) is 0 Å². The second kappa shape index (κ2) is 6.35. The minimum absolute atomic E-state index is 0.323. The second-order valence-corrected chi connectivity index (χ2v) is 5.72. The van der Waals surface area contributed by atoms with Crippen molar-refractivity contribution in [3.63, 3.8) is 0 Å². The van der Waals surface area contributed by atoms with Crippen molar-refractivity contribution in [2.24, 2.45) is 0 Å². The highest BCUT2D eigenvalue weighted by Gasteiger charge is 2.12. The standard InChI is InChI=1S/C17H18ClFN2/c18-15-4-3-5-16(19)17(15)20-12-13-6-8-14(9-7-13)21-10-1-2-11-21/h3-9,20H,1-2,10-12H2. The van der Waals surface area contributed by atoms with Gasteiger partial charge in [0.25, 0.3) is 0 Å². The van der Waals surface area contributed by atoms with E-state index in [0.29, 0.717) is 17.3 Å². The molecule has 1 aliphatic heterocycles. The summed E-state index contributed by atoms with van der Waals surface area (Å²) in [5.41, 5.74) is 2.74. The lowest BCUT2D eigenvalue weighted by atomic mass is 10.2. The molecule has 3 rings (SSSR count). The molecular formula is C17H18ClFN2. The molecule has 0 spiro atoms. The molecular weight excluding hydrogens is 287 g/mol. The first kappa shape index (κ1) is 14.2. The van der Waals surface area contributed by atoms with E-state index in [0.717, 1.165) is 18.7 Å². The van der Waals surface area contributed by atoms with Gasteiger partial charge in [-0.3, -0.25) is 0 Å². The second-order valence-electron chi connectivity index (χ2n) is 5.31. The predicted molar refractivity (Wildman–Crippen MR) is 86.6 cm³/mol. The molecule has 0 atom stereocenters. The van der Waals surface area contributed by atoms with Crippen LogP contribution in [0.5, 0.6) is 0 Å². The molecule has 2 aromatic rings. The maximum absolute atomic E-state index is 13.7. The molecule has 21 heavy (non-hydrogen) atoms. The molecule has 0 aliphatic carbocycles. The van der Waals surface area contributed by atoms with Crippen molar-refractivity contribution in [2.45, 2.75) is 19.4 Å². The summed E-state index contributed by atoms with van der Waals surface area (Å²) in [6.07, 6.45) is 2.55. The Morgan fingerprint density at radius 2 is 1.76 bits per heavy atom. The molecule has 1 saturated heterocycles. The van der Waals surface area contributed by atoms with Crippen molar-refractivity contribution < 1.29 is 4.39 Å². The van der Waals surface area contributed by atoms with E-state index < -0.39 is 0 Å². The first-order valence-electron chi connectivity index (χ1n) is 7.26. The number of para-hydroxylation sites is 1. The van der Waals surface area contributed by atoms with Crippen LogP contribution in [0.4, 0.5) is 15.8 Å². The number of hydrogen-bond donors (Lipinski definition) is 1. The van der Waals surface area contributed by atoms with Gasteiger partial charge in [-0.15, -0.1) is 0 Å². The fourth-order valence-corrected chi connectivity index (χ4v) is 2.89. The number of anilines is 2. The minimum atomic E-state index is -0.323. The van der Waals surface area contributed by atoms with Crippen LogP contribution < -0.4 is 10.2 Å². The molecule has 1 heterocycles. The third-order valence-electron chi connectivity index (χ3n) is 3.84. The number of benzene rings is 2. The van der Waals surface area contributed by atoms with Crippen LogP contribution in [0.15, 0.2) is 42.5 Å². The van der Waals surface area contributed by atoms with Gasteiger partial charge in [0.05, 0.1) is 10.7 Å². The van der Waals surface area contributed by atoms with E-state index in [4.69, 9.17) is 11.6 Å².